The minimum absolute atomic E-state index is 0. The predicted molar refractivity (Wildman–Crippen MR) is 127 cm³/mol. The van der Waals surface area contributed by atoms with Crippen LogP contribution in [0, 0.1) is 12.7 Å². The number of guanidine groups is 1. The van der Waals surface area contributed by atoms with E-state index in [0.29, 0.717) is 22.8 Å². The van der Waals surface area contributed by atoms with Crippen molar-refractivity contribution in [2.75, 3.05) is 12.8 Å². The molecule has 160 valence electrons. The minimum atomic E-state index is -3.41. The van der Waals surface area contributed by atoms with Crippen molar-refractivity contribution in [1.29, 1.82) is 0 Å². The van der Waals surface area contributed by atoms with E-state index in [1.165, 1.54) is 6.07 Å². The van der Waals surface area contributed by atoms with Crippen molar-refractivity contribution in [1.82, 2.24) is 10.6 Å². The van der Waals surface area contributed by atoms with Gasteiger partial charge in [0.25, 0.3) is 0 Å². The summed E-state index contributed by atoms with van der Waals surface area (Å²) < 4.78 is 39.1. The van der Waals surface area contributed by atoms with Gasteiger partial charge in [-0.2, -0.15) is 0 Å². The van der Waals surface area contributed by atoms with Crippen LogP contribution < -0.4 is 10.6 Å². The van der Waals surface area contributed by atoms with Crippen LogP contribution in [0.4, 0.5) is 4.39 Å². The summed E-state index contributed by atoms with van der Waals surface area (Å²) in [6, 6.07) is 13.0. The van der Waals surface area contributed by atoms with Gasteiger partial charge in [-0.25, -0.2) is 12.8 Å². The second kappa shape index (κ2) is 11.5. The average Bonchev–Trinajstić information content (AvgIpc) is 2.69. The standard InChI is InChI=1S/C21H28FN3O2S.HI/c1-5-18(14-28(26,27)19-9-7-6-8-10-19)25-21(23-4)24-16(3)17-12-11-15(2)20(22)13-17;/h6-13,16,18H,5,14H2,1-4H3,(H2,23,24,25);1H. The fraction of sp³-hybridized carbons (Fsp3) is 0.381. The molecule has 0 aliphatic heterocycles. The fourth-order valence-electron chi connectivity index (χ4n) is 2.78. The highest BCUT2D eigenvalue weighted by molar-refractivity contribution is 14.0. The van der Waals surface area contributed by atoms with Crippen LogP contribution in [0.15, 0.2) is 58.4 Å². The van der Waals surface area contributed by atoms with Crippen LogP contribution in [0.5, 0.6) is 0 Å². The van der Waals surface area contributed by atoms with Crippen LogP contribution in [0.3, 0.4) is 0 Å². The maximum absolute atomic E-state index is 13.8. The molecule has 2 unspecified atom stereocenters. The smallest absolute Gasteiger partial charge is 0.191 e. The van der Waals surface area contributed by atoms with Crippen LogP contribution >= 0.6 is 24.0 Å². The molecular weight excluding hydrogens is 504 g/mol. The SMILES string of the molecule is CCC(CS(=O)(=O)c1ccccc1)NC(=NC)NC(C)c1ccc(C)c(F)c1.I. The molecule has 2 rings (SSSR count). The second-order valence-corrected chi connectivity index (χ2v) is 8.83. The number of aliphatic imine (C=N–C) groups is 1. The first-order valence-electron chi connectivity index (χ1n) is 9.30. The van der Waals surface area contributed by atoms with Crippen LogP contribution in [-0.4, -0.2) is 33.2 Å². The van der Waals surface area contributed by atoms with Gasteiger partial charge in [0, 0.05) is 13.1 Å². The molecule has 0 radical (unpaired) electrons. The van der Waals surface area contributed by atoms with Gasteiger partial charge in [0.15, 0.2) is 15.8 Å². The molecule has 29 heavy (non-hydrogen) atoms. The number of halogens is 2. The molecule has 2 atom stereocenters. The molecule has 2 aromatic rings. The third-order valence-corrected chi connectivity index (χ3v) is 6.46. The maximum atomic E-state index is 13.8. The van der Waals surface area contributed by atoms with Crippen molar-refractivity contribution in [3.63, 3.8) is 0 Å². The van der Waals surface area contributed by atoms with Crippen molar-refractivity contribution in [3.05, 3.63) is 65.5 Å². The van der Waals surface area contributed by atoms with Crippen LogP contribution in [0.1, 0.15) is 37.4 Å². The zero-order chi connectivity index (χ0) is 20.7. The van der Waals surface area contributed by atoms with Crippen molar-refractivity contribution in [3.8, 4) is 0 Å². The quantitative estimate of drug-likeness (QED) is 0.318. The summed E-state index contributed by atoms with van der Waals surface area (Å²) in [6.07, 6.45) is 0.611. The number of rotatable bonds is 7. The van der Waals surface area contributed by atoms with E-state index < -0.39 is 9.84 Å². The Morgan fingerprint density at radius 2 is 1.79 bits per heavy atom. The lowest BCUT2D eigenvalue weighted by atomic mass is 10.1. The summed E-state index contributed by atoms with van der Waals surface area (Å²) in [7, 11) is -1.79. The Balaban J connectivity index is 0.00000420. The van der Waals surface area contributed by atoms with E-state index in [2.05, 4.69) is 15.6 Å². The molecule has 0 saturated carbocycles. The van der Waals surface area contributed by atoms with Crippen LogP contribution in [0.25, 0.3) is 0 Å². The summed E-state index contributed by atoms with van der Waals surface area (Å²) in [5.41, 5.74) is 1.38. The first-order chi connectivity index (χ1) is 13.3. The van der Waals surface area contributed by atoms with Gasteiger partial charge in [0.05, 0.1) is 16.7 Å². The third kappa shape index (κ3) is 7.26. The highest BCUT2D eigenvalue weighted by Gasteiger charge is 2.21. The number of nitrogens with zero attached hydrogens (tertiary/aromatic N) is 1. The monoisotopic (exact) mass is 533 g/mol. The van der Waals surface area contributed by atoms with Gasteiger partial charge in [-0.15, -0.1) is 24.0 Å². The Kier molecular flexibility index (Phi) is 10.0. The molecule has 0 aromatic heterocycles. The Morgan fingerprint density at radius 3 is 2.34 bits per heavy atom. The normalized spacial score (nSPS) is 13.9. The van der Waals surface area contributed by atoms with Gasteiger partial charge in [-0.05, 0) is 49.6 Å². The van der Waals surface area contributed by atoms with Gasteiger partial charge in [-0.1, -0.05) is 37.3 Å². The maximum Gasteiger partial charge on any atom is 0.191 e. The molecule has 5 nitrogen and oxygen atoms in total. The molecule has 0 fully saturated rings. The lowest BCUT2D eigenvalue weighted by molar-refractivity contribution is 0.564. The van der Waals surface area contributed by atoms with Gasteiger partial charge in [-0.3, -0.25) is 4.99 Å². The molecule has 0 aliphatic rings. The molecule has 0 bridgehead atoms. The second-order valence-electron chi connectivity index (χ2n) is 6.79. The van der Waals surface area contributed by atoms with Crippen molar-refractivity contribution >= 4 is 39.8 Å². The van der Waals surface area contributed by atoms with E-state index in [1.54, 1.807) is 50.4 Å². The zero-order valence-electron chi connectivity index (χ0n) is 17.1. The van der Waals surface area contributed by atoms with E-state index in [9.17, 15) is 12.8 Å². The van der Waals surface area contributed by atoms with E-state index in [1.807, 2.05) is 19.9 Å². The van der Waals surface area contributed by atoms with E-state index >= 15 is 0 Å². The largest absolute Gasteiger partial charge is 0.353 e. The highest BCUT2D eigenvalue weighted by atomic mass is 127. The van der Waals surface area contributed by atoms with Crippen LogP contribution in [0.2, 0.25) is 0 Å². The topological polar surface area (TPSA) is 70.6 Å². The molecule has 0 aliphatic carbocycles. The summed E-state index contributed by atoms with van der Waals surface area (Å²) >= 11 is 0. The van der Waals surface area contributed by atoms with Gasteiger partial charge >= 0.3 is 0 Å². The first-order valence-corrected chi connectivity index (χ1v) is 11.0. The zero-order valence-corrected chi connectivity index (χ0v) is 20.3. The summed E-state index contributed by atoms with van der Waals surface area (Å²) in [5.74, 6) is 0.181. The van der Waals surface area contributed by atoms with E-state index in [0.717, 1.165) is 5.56 Å². The lowest BCUT2D eigenvalue weighted by Crippen LogP contribution is -2.46. The van der Waals surface area contributed by atoms with Gasteiger partial charge < -0.3 is 10.6 Å². The highest BCUT2D eigenvalue weighted by Crippen LogP contribution is 2.16. The minimum Gasteiger partial charge on any atom is -0.353 e. The number of benzene rings is 2. The molecule has 0 spiro atoms. The molecule has 0 amide bonds. The van der Waals surface area contributed by atoms with Crippen LogP contribution in [-0.2, 0) is 9.84 Å². The Labute approximate surface area is 190 Å². The first kappa shape index (κ1) is 25.4. The van der Waals surface area contributed by atoms with Crippen molar-refractivity contribution in [2.24, 2.45) is 4.99 Å². The Bertz CT molecular complexity index is 921. The summed E-state index contributed by atoms with van der Waals surface area (Å²) in [4.78, 5) is 4.50. The molecule has 0 saturated heterocycles. The molecule has 8 heteroatoms. The van der Waals surface area contributed by atoms with Crippen molar-refractivity contribution < 1.29 is 12.8 Å². The van der Waals surface area contributed by atoms with E-state index in [-0.39, 0.29) is 47.6 Å². The molecule has 2 N–H and O–H groups in total. The number of aryl methyl sites for hydroxylation is 1. The third-order valence-electron chi connectivity index (χ3n) is 4.63. The number of sulfone groups is 1. The fourth-order valence-corrected chi connectivity index (χ4v) is 4.39. The lowest BCUT2D eigenvalue weighted by Gasteiger charge is -2.23. The summed E-state index contributed by atoms with van der Waals surface area (Å²) in [6.45, 7) is 5.54. The summed E-state index contributed by atoms with van der Waals surface area (Å²) in [5, 5.41) is 6.37. The molecular formula is C21H29FIN3O2S. The Hall–Kier alpha value is -1.68. The predicted octanol–water partition coefficient (Wildman–Crippen LogP) is 4.23. The average molecular weight is 533 g/mol. The Morgan fingerprint density at radius 1 is 1.14 bits per heavy atom. The van der Waals surface area contributed by atoms with Gasteiger partial charge in [0.1, 0.15) is 5.82 Å². The molecule has 2 aromatic carbocycles. The number of nitrogens with one attached hydrogen (secondary N) is 2. The number of hydrogen-bond acceptors (Lipinski definition) is 3. The van der Waals surface area contributed by atoms with Crippen molar-refractivity contribution in [2.45, 2.75) is 44.2 Å². The van der Waals surface area contributed by atoms with E-state index in [4.69, 9.17) is 0 Å². The molecule has 0 heterocycles. The van der Waals surface area contributed by atoms with Gasteiger partial charge in [0.2, 0.25) is 0 Å². The number of hydrogen-bond donors (Lipinski definition) is 2.